The van der Waals surface area contributed by atoms with Crippen molar-refractivity contribution < 1.29 is 5.11 Å². The zero-order valence-corrected chi connectivity index (χ0v) is 14.6. The highest BCUT2D eigenvalue weighted by Gasteiger charge is 2.58. The van der Waals surface area contributed by atoms with Crippen molar-refractivity contribution in [2.24, 2.45) is 28.6 Å². The highest BCUT2D eigenvalue weighted by atomic mass is 16.3. The second-order valence-corrected chi connectivity index (χ2v) is 9.12. The SMILES string of the molecule is CNC1CC[C@H]2[C@@H]3CC=C4CC(O)CC[C@]4(C)[C@@H]3CC[C@]12C. The molecule has 2 nitrogen and oxygen atoms in total. The van der Waals surface area contributed by atoms with Crippen LogP contribution < -0.4 is 5.32 Å². The first-order chi connectivity index (χ1) is 10.5. The van der Waals surface area contributed by atoms with Gasteiger partial charge in [0, 0.05) is 6.04 Å². The molecule has 4 aliphatic rings. The molecule has 2 N–H and O–H groups in total. The van der Waals surface area contributed by atoms with Crippen LogP contribution >= 0.6 is 0 Å². The molecule has 3 saturated carbocycles. The summed E-state index contributed by atoms with van der Waals surface area (Å²) >= 11 is 0. The van der Waals surface area contributed by atoms with Crippen LogP contribution in [0.15, 0.2) is 11.6 Å². The summed E-state index contributed by atoms with van der Waals surface area (Å²) in [7, 11) is 2.16. The number of hydrogen-bond acceptors (Lipinski definition) is 2. The molecule has 4 aliphatic carbocycles. The van der Waals surface area contributed by atoms with E-state index in [1.165, 1.54) is 38.5 Å². The highest BCUT2D eigenvalue weighted by molar-refractivity contribution is 5.25. The van der Waals surface area contributed by atoms with Gasteiger partial charge in [0.2, 0.25) is 0 Å². The van der Waals surface area contributed by atoms with Gasteiger partial charge in [0.05, 0.1) is 6.10 Å². The van der Waals surface area contributed by atoms with E-state index in [9.17, 15) is 5.11 Å². The third-order valence-electron chi connectivity index (χ3n) is 8.43. The monoisotopic (exact) mass is 303 g/mol. The molecule has 0 aliphatic heterocycles. The summed E-state index contributed by atoms with van der Waals surface area (Å²) in [6.45, 7) is 5.09. The molecule has 0 radical (unpaired) electrons. The lowest BCUT2D eigenvalue weighted by molar-refractivity contribution is -0.0427. The Hall–Kier alpha value is -0.340. The van der Waals surface area contributed by atoms with Gasteiger partial charge in [0.25, 0.3) is 0 Å². The minimum atomic E-state index is -0.0788. The van der Waals surface area contributed by atoms with Gasteiger partial charge in [0.1, 0.15) is 0 Å². The second-order valence-electron chi connectivity index (χ2n) is 9.12. The molecule has 124 valence electrons. The summed E-state index contributed by atoms with van der Waals surface area (Å²) in [5.41, 5.74) is 2.51. The highest BCUT2D eigenvalue weighted by Crippen LogP contribution is 2.64. The smallest absolute Gasteiger partial charge is 0.0577 e. The molecule has 0 aromatic heterocycles. The normalized spacial score (nSPS) is 54.2. The van der Waals surface area contributed by atoms with E-state index in [0.29, 0.717) is 10.8 Å². The van der Waals surface area contributed by atoms with Gasteiger partial charge in [-0.15, -0.1) is 0 Å². The van der Waals surface area contributed by atoms with Crippen LogP contribution in [0.5, 0.6) is 0 Å². The maximum absolute atomic E-state index is 10.1. The van der Waals surface area contributed by atoms with Crippen LogP contribution in [0.4, 0.5) is 0 Å². The maximum atomic E-state index is 10.1. The molecule has 7 atom stereocenters. The topological polar surface area (TPSA) is 32.3 Å². The zero-order valence-electron chi connectivity index (χ0n) is 14.6. The third kappa shape index (κ3) is 1.92. The predicted molar refractivity (Wildman–Crippen MR) is 90.6 cm³/mol. The number of fused-ring (bicyclic) bond motifs is 5. The molecule has 2 unspecified atom stereocenters. The predicted octanol–water partition coefficient (Wildman–Crippen LogP) is 3.90. The summed E-state index contributed by atoms with van der Waals surface area (Å²) in [5, 5.41) is 13.7. The van der Waals surface area contributed by atoms with Gasteiger partial charge in [-0.3, -0.25) is 0 Å². The molecule has 2 heteroatoms. The van der Waals surface area contributed by atoms with Gasteiger partial charge in [0.15, 0.2) is 0 Å². The number of aliphatic hydroxyl groups excluding tert-OH is 1. The van der Waals surface area contributed by atoms with Crippen molar-refractivity contribution in [3.05, 3.63) is 11.6 Å². The van der Waals surface area contributed by atoms with Crippen molar-refractivity contribution in [1.29, 1.82) is 0 Å². The Labute approximate surface area is 135 Å². The quantitative estimate of drug-likeness (QED) is 0.720. The van der Waals surface area contributed by atoms with E-state index >= 15 is 0 Å². The molecule has 3 fully saturated rings. The fourth-order valence-corrected chi connectivity index (χ4v) is 7.12. The Morgan fingerprint density at radius 1 is 1.09 bits per heavy atom. The first-order valence-electron chi connectivity index (χ1n) is 9.54. The van der Waals surface area contributed by atoms with Crippen molar-refractivity contribution in [2.75, 3.05) is 7.05 Å². The van der Waals surface area contributed by atoms with Crippen LogP contribution in [0.3, 0.4) is 0 Å². The lowest BCUT2D eigenvalue weighted by Gasteiger charge is -2.58. The molecule has 0 spiro atoms. The average molecular weight is 303 g/mol. The van der Waals surface area contributed by atoms with Crippen molar-refractivity contribution in [3.8, 4) is 0 Å². The Bertz CT molecular complexity index is 486. The molecular formula is C20H33NO. The van der Waals surface area contributed by atoms with Crippen molar-refractivity contribution in [2.45, 2.75) is 77.4 Å². The average Bonchev–Trinajstić information content (AvgIpc) is 2.84. The van der Waals surface area contributed by atoms with Crippen LogP contribution in [-0.4, -0.2) is 24.3 Å². The summed E-state index contributed by atoms with van der Waals surface area (Å²) in [6.07, 6.45) is 12.5. The van der Waals surface area contributed by atoms with Crippen molar-refractivity contribution in [1.82, 2.24) is 5.32 Å². The van der Waals surface area contributed by atoms with Crippen molar-refractivity contribution >= 4 is 0 Å². The van der Waals surface area contributed by atoms with Crippen LogP contribution in [0, 0.1) is 28.6 Å². The first kappa shape index (κ1) is 15.2. The minimum absolute atomic E-state index is 0.0788. The largest absolute Gasteiger partial charge is 0.393 e. The van der Waals surface area contributed by atoms with Crippen LogP contribution in [-0.2, 0) is 0 Å². The maximum Gasteiger partial charge on any atom is 0.0577 e. The van der Waals surface area contributed by atoms with Crippen LogP contribution in [0.1, 0.15) is 65.2 Å². The molecule has 0 heterocycles. The van der Waals surface area contributed by atoms with E-state index in [1.807, 2.05) is 0 Å². The number of aliphatic hydroxyl groups is 1. The van der Waals surface area contributed by atoms with E-state index in [1.54, 1.807) is 5.57 Å². The van der Waals surface area contributed by atoms with Gasteiger partial charge in [-0.1, -0.05) is 25.5 Å². The Kier molecular flexibility index (Phi) is 3.51. The third-order valence-corrected chi connectivity index (χ3v) is 8.43. The summed E-state index contributed by atoms with van der Waals surface area (Å²) in [5.74, 6) is 2.67. The molecule has 4 rings (SSSR count). The van der Waals surface area contributed by atoms with E-state index in [2.05, 4.69) is 32.3 Å². The molecule has 22 heavy (non-hydrogen) atoms. The molecule has 0 bridgehead atoms. The number of allylic oxidation sites excluding steroid dienone is 1. The van der Waals surface area contributed by atoms with Gasteiger partial charge in [-0.25, -0.2) is 0 Å². The van der Waals surface area contributed by atoms with Gasteiger partial charge in [-0.2, -0.15) is 0 Å². The molecule has 0 amide bonds. The van der Waals surface area contributed by atoms with Crippen molar-refractivity contribution in [3.63, 3.8) is 0 Å². The van der Waals surface area contributed by atoms with E-state index < -0.39 is 0 Å². The summed E-state index contributed by atoms with van der Waals surface area (Å²) < 4.78 is 0. The van der Waals surface area contributed by atoms with E-state index in [-0.39, 0.29) is 6.10 Å². The lowest BCUT2D eigenvalue weighted by atomic mass is 9.48. The zero-order chi connectivity index (χ0) is 15.5. The lowest BCUT2D eigenvalue weighted by Crippen LogP contribution is -2.52. The second kappa shape index (κ2) is 5.08. The van der Waals surface area contributed by atoms with Crippen LogP contribution in [0.2, 0.25) is 0 Å². The first-order valence-corrected chi connectivity index (χ1v) is 9.54. The fraction of sp³-hybridized carbons (Fsp3) is 0.900. The summed E-state index contributed by atoms with van der Waals surface area (Å²) in [4.78, 5) is 0. The molecular weight excluding hydrogens is 270 g/mol. The molecule has 0 aromatic carbocycles. The standard InChI is InChI=1S/C20H33NO/c1-19-10-8-14(22)12-13(19)4-5-15-16-6-7-18(21-3)20(16,2)11-9-17(15)19/h4,14-18,21-22H,5-12H2,1-3H3/t14?,15-,16-,17+,18?,19-,20-/m0/s1. The Morgan fingerprint density at radius 3 is 2.68 bits per heavy atom. The molecule has 0 saturated heterocycles. The van der Waals surface area contributed by atoms with Gasteiger partial charge < -0.3 is 10.4 Å². The molecule has 0 aromatic rings. The van der Waals surface area contributed by atoms with E-state index in [4.69, 9.17) is 0 Å². The van der Waals surface area contributed by atoms with Gasteiger partial charge in [-0.05, 0) is 87.0 Å². The minimum Gasteiger partial charge on any atom is -0.393 e. The number of rotatable bonds is 1. The fourth-order valence-electron chi connectivity index (χ4n) is 7.12. The van der Waals surface area contributed by atoms with E-state index in [0.717, 1.165) is 36.6 Å². The van der Waals surface area contributed by atoms with Gasteiger partial charge >= 0.3 is 0 Å². The summed E-state index contributed by atoms with van der Waals surface area (Å²) in [6, 6.07) is 0.727. The Balaban J connectivity index is 1.66. The van der Waals surface area contributed by atoms with Crippen LogP contribution in [0.25, 0.3) is 0 Å². The number of nitrogens with one attached hydrogen (secondary N) is 1. The Morgan fingerprint density at radius 2 is 1.91 bits per heavy atom. The number of hydrogen-bond donors (Lipinski definition) is 2.